The van der Waals surface area contributed by atoms with Crippen molar-refractivity contribution in [3.05, 3.63) is 97.8 Å². The molecule has 0 spiro atoms. The third kappa shape index (κ3) is 9.00. The molecule has 0 radical (unpaired) electrons. The molecule has 1 amide bonds. The number of amides is 1. The van der Waals surface area contributed by atoms with Gasteiger partial charge in [0, 0.05) is 41.7 Å². The van der Waals surface area contributed by atoms with Crippen LogP contribution >= 0.6 is 34.2 Å². The Morgan fingerprint density at radius 3 is 2.14 bits per heavy atom. The quantitative estimate of drug-likeness (QED) is 0.0993. The number of rotatable bonds is 10. The summed E-state index contributed by atoms with van der Waals surface area (Å²) in [5, 5.41) is 9.81. The van der Waals surface area contributed by atoms with Crippen LogP contribution in [0.15, 0.2) is 60.7 Å². The summed E-state index contributed by atoms with van der Waals surface area (Å²) in [4.78, 5) is 31.3. The van der Waals surface area contributed by atoms with Crippen molar-refractivity contribution in [2.45, 2.75) is 58.8 Å². The topological polar surface area (TPSA) is 117 Å². The number of pyridine rings is 1. The number of hydrogen-bond donors (Lipinski definition) is 0. The molecule has 0 N–H and O–H groups in total. The molecule has 5 aromatic rings. The summed E-state index contributed by atoms with van der Waals surface area (Å²) in [6.07, 6.45) is -1.70. The normalized spacial score (nSPS) is 14.4. The highest BCUT2D eigenvalue weighted by Crippen LogP contribution is 2.41. The molecule has 0 saturated carbocycles. The molecule has 1 aliphatic rings. The number of carbonyl (C=O) groups excluding carboxylic acids is 1. The number of piperazine rings is 1. The molecule has 1 fully saturated rings. The molecule has 1 saturated heterocycles. The van der Waals surface area contributed by atoms with E-state index in [1.807, 2.05) is 61.5 Å². The van der Waals surface area contributed by atoms with E-state index in [0.717, 1.165) is 28.2 Å². The molecular weight excluding hydrogens is 855 g/mol. The minimum absolute atomic E-state index is 0.00570. The zero-order valence-electron chi connectivity index (χ0n) is 31.9. The first-order chi connectivity index (χ1) is 26.7. The van der Waals surface area contributed by atoms with E-state index in [1.54, 1.807) is 39.9 Å². The zero-order valence-corrected chi connectivity index (χ0v) is 34.8. The number of carbonyl (C=O) groups is 1. The van der Waals surface area contributed by atoms with Crippen LogP contribution in [0.2, 0.25) is 5.02 Å². The van der Waals surface area contributed by atoms with Crippen LogP contribution in [-0.2, 0) is 17.8 Å². The number of fused-ring (bicyclic) bond motifs is 1. The Labute approximate surface area is 343 Å². The van der Waals surface area contributed by atoms with E-state index in [9.17, 15) is 10.1 Å². The zero-order chi connectivity index (χ0) is 40.3. The van der Waals surface area contributed by atoms with E-state index in [-0.39, 0.29) is 59.1 Å². The predicted octanol–water partition coefficient (Wildman–Crippen LogP) is 9.10. The van der Waals surface area contributed by atoms with Gasteiger partial charge in [-0.3, -0.25) is 0 Å². The van der Waals surface area contributed by atoms with Crippen molar-refractivity contribution >= 4 is 62.8 Å². The summed E-state index contributed by atoms with van der Waals surface area (Å²) in [5.41, 5.74) is 2.07. The fraction of sp³-hybridized carbons (Fsp3) is 0.341. The Hall–Kier alpha value is -5.01. The minimum atomic E-state index is -1.14. The van der Waals surface area contributed by atoms with Gasteiger partial charge in [-0.05, 0) is 103 Å². The Bertz CT molecular complexity index is 2240. The summed E-state index contributed by atoms with van der Waals surface area (Å²) < 4.78 is 49.3. The average molecular weight is 896 g/mol. The van der Waals surface area contributed by atoms with E-state index in [1.165, 1.54) is 11.0 Å². The van der Waals surface area contributed by atoms with Gasteiger partial charge in [0.25, 0.3) is 0 Å². The molecule has 0 bridgehead atoms. The first-order valence-electron chi connectivity index (χ1n) is 17.8. The van der Waals surface area contributed by atoms with Crippen molar-refractivity contribution in [2.24, 2.45) is 0 Å². The highest BCUT2D eigenvalue weighted by molar-refractivity contribution is 14.1. The minimum Gasteiger partial charge on any atom is -0.497 e. The Morgan fingerprint density at radius 1 is 0.982 bits per heavy atom. The van der Waals surface area contributed by atoms with E-state index >= 15 is 8.78 Å². The van der Waals surface area contributed by atoms with Crippen molar-refractivity contribution in [3.63, 3.8) is 0 Å². The lowest BCUT2D eigenvalue weighted by molar-refractivity contribution is 0.0145. The van der Waals surface area contributed by atoms with Gasteiger partial charge in [-0.15, -0.1) is 0 Å². The third-order valence-corrected chi connectivity index (χ3v) is 11.0. The number of benzene rings is 3. The van der Waals surface area contributed by atoms with Gasteiger partial charge in [0.15, 0.2) is 5.82 Å². The molecule has 56 heavy (non-hydrogen) atoms. The van der Waals surface area contributed by atoms with E-state index in [4.69, 9.17) is 30.8 Å². The van der Waals surface area contributed by atoms with Crippen molar-refractivity contribution < 1.29 is 27.8 Å². The van der Waals surface area contributed by atoms with Crippen molar-refractivity contribution in [1.29, 1.82) is 5.26 Å². The van der Waals surface area contributed by atoms with E-state index in [0.29, 0.717) is 22.5 Å². The van der Waals surface area contributed by atoms with Crippen LogP contribution in [0.1, 0.15) is 43.9 Å². The van der Waals surface area contributed by atoms with Crippen LogP contribution in [0.5, 0.6) is 11.5 Å². The van der Waals surface area contributed by atoms with Gasteiger partial charge in [-0.25, -0.2) is 14.2 Å². The molecule has 1 aliphatic heterocycles. The molecule has 11 nitrogen and oxygen atoms in total. The lowest BCUT2D eigenvalue weighted by Gasteiger charge is -2.41. The summed E-state index contributed by atoms with van der Waals surface area (Å²) in [6.45, 7) is 8.63. The number of hydrogen-bond acceptors (Lipinski definition) is 10. The lowest BCUT2D eigenvalue weighted by Crippen LogP contribution is -2.56. The molecule has 15 heteroatoms. The van der Waals surface area contributed by atoms with Crippen molar-refractivity contribution in [2.75, 3.05) is 43.7 Å². The maximum Gasteiger partial charge on any atom is 0.410 e. The Balaban J connectivity index is 1.40. The molecule has 3 aromatic carbocycles. The molecule has 6 rings (SSSR count). The molecule has 1 unspecified atom stereocenters. The summed E-state index contributed by atoms with van der Waals surface area (Å²) in [6, 6.07) is 20.5. The van der Waals surface area contributed by atoms with Crippen LogP contribution in [-0.4, -0.2) is 71.4 Å². The monoisotopic (exact) mass is 895 g/mol. The Morgan fingerprint density at radius 2 is 1.59 bits per heavy atom. The van der Waals surface area contributed by atoms with E-state index < -0.39 is 29.6 Å². The van der Waals surface area contributed by atoms with Gasteiger partial charge in [0.1, 0.15) is 34.3 Å². The van der Waals surface area contributed by atoms with Crippen LogP contribution in [0.3, 0.4) is 0 Å². The van der Waals surface area contributed by atoms with Gasteiger partial charge in [0.2, 0.25) is 0 Å². The molecule has 2 aromatic heterocycles. The van der Waals surface area contributed by atoms with Gasteiger partial charge in [0.05, 0.1) is 49.0 Å². The van der Waals surface area contributed by atoms with Crippen LogP contribution in [0.25, 0.3) is 22.2 Å². The third-order valence-electron chi connectivity index (χ3n) is 9.32. The number of nitrogens with zero attached hydrogens (tertiary/aromatic N) is 7. The average Bonchev–Trinajstić information content (AvgIpc) is 3.16. The number of nitriles is 1. The number of aryl methyl sites for hydroxylation is 1. The van der Waals surface area contributed by atoms with E-state index in [2.05, 4.69) is 43.5 Å². The molecule has 3 heterocycles. The second-order valence-electron chi connectivity index (χ2n) is 14.4. The molecular formula is C41H41ClF2IN7O4. The number of aromatic nitrogens is 3. The highest BCUT2D eigenvalue weighted by Gasteiger charge is 2.35. The number of ether oxygens (including phenoxy) is 3. The molecule has 292 valence electrons. The number of methoxy groups -OCH3 is 2. The maximum absolute atomic E-state index is 17.0. The first kappa shape index (κ1) is 40.6. The second-order valence-corrected chi connectivity index (χ2v) is 15.9. The number of anilines is 2. The SMILES string of the molecule is COc1ccc(CN(Cc2ccc(OC)cc2)c2cc(C)c(I)c(-c3c(Cl)cc4c(N5CCN(C(=O)OC(C)(C)C)C(CC#N)C5)nc(F)nc4c3F)n2)cc1. The van der Waals surface area contributed by atoms with Gasteiger partial charge in [-0.2, -0.15) is 19.6 Å². The summed E-state index contributed by atoms with van der Waals surface area (Å²) in [7, 11) is 3.23. The Kier molecular flexibility index (Phi) is 12.3. The highest BCUT2D eigenvalue weighted by atomic mass is 127. The molecule has 1 atom stereocenters. The summed E-state index contributed by atoms with van der Waals surface area (Å²) in [5.74, 6) is 1.28. The fourth-order valence-electron chi connectivity index (χ4n) is 6.59. The predicted molar refractivity (Wildman–Crippen MR) is 220 cm³/mol. The fourth-order valence-corrected chi connectivity index (χ4v) is 7.42. The smallest absolute Gasteiger partial charge is 0.410 e. The maximum atomic E-state index is 17.0. The van der Waals surface area contributed by atoms with Gasteiger partial charge >= 0.3 is 12.2 Å². The number of halogens is 4. The van der Waals surface area contributed by atoms with Crippen LogP contribution in [0, 0.1) is 33.7 Å². The van der Waals surface area contributed by atoms with Gasteiger partial charge in [-0.1, -0.05) is 35.9 Å². The summed E-state index contributed by atoms with van der Waals surface area (Å²) >= 11 is 9.09. The lowest BCUT2D eigenvalue weighted by atomic mass is 10.0. The second kappa shape index (κ2) is 17.0. The largest absolute Gasteiger partial charge is 0.497 e. The van der Waals surface area contributed by atoms with Crippen molar-refractivity contribution in [3.8, 4) is 28.8 Å². The first-order valence-corrected chi connectivity index (χ1v) is 19.3. The van der Waals surface area contributed by atoms with Crippen LogP contribution < -0.4 is 19.3 Å². The standard InChI is InChI=1S/C41H41ClF2IN7O4/c1-24-19-32(51(21-25-7-11-28(54-5)12-8-25)22-26-9-13-29(55-6)14-10-26)47-37(35(24)45)33-31(42)20-30-36(34(33)43)48-39(44)49-38(30)50-17-18-52(27(23-50)15-16-46)40(53)56-41(2,3)4/h7-14,19-20,27H,15,17-18,21-23H2,1-6H3. The van der Waals surface area contributed by atoms with Gasteiger partial charge < -0.3 is 28.9 Å². The molecule has 0 aliphatic carbocycles. The van der Waals surface area contributed by atoms with Crippen LogP contribution in [0.4, 0.5) is 25.2 Å². The van der Waals surface area contributed by atoms with Crippen molar-refractivity contribution in [1.82, 2.24) is 19.9 Å².